The first kappa shape index (κ1) is 14.5. The first-order chi connectivity index (χ1) is 8.96. The maximum absolute atomic E-state index is 6.26. The molecule has 0 aliphatic carbocycles. The molecule has 1 aliphatic rings. The number of hydrogen-bond donors (Lipinski definition) is 1. The largest absolute Gasteiger partial charge is 0.370 e. The third-order valence-corrected chi connectivity index (χ3v) is 3.62. The molecule has 0 spiro atoms. The van der Waals surface area contributed by atoms with Gasteiger partial charge in [-0.3, -0.25) is 4.90 Å². The summed E-state index contributed by atoms with van der Waals surface area (Å²) in [6.07, 6.45) is 1.30. The summed E-state index contributed by atoms with van der Waals surface area (Å²) in [5.41, 5.74) is 7.43. The number of ether oxygens (including phenoxy) is 1. The molecule has 3 heteroatoms. The van der Waals surface area contributed by atoms with Crippen molar-refractivity contribution in [2.45, 2.75) is 44.9 Å². The zero-order chi connectivity index (χ0) is 13.9. The molecule has 0 bridgehead atoms. The summed E-state index contributed by atoms with van der Waals surface area (Å²) in [6.45, 7) is 9.49. The van der Waals surface area contributed by atoms with Crippen molar-refractivity contribution in [3.8, 4) is 0 Å². The predicted octanol–water partition coefficient (Wildman–Crippen LogP) is 2.58. The first-order valence-corrected chi connectivity index (χ1v) is 7.17. The molecule has 1 aliphatic heterocycles. The molecule has 0 radical (unpaired) electrons. The van der Waals surface area contributed by atoms with Crippen molar-refractivity contribution in [2.24, 2.45) is 5.73 Å². The maximum Gasteiger partial charge on any atom is 0.0757 e. The van der Waals surface area contributed by atoms with Gasteiger partial charge < -0.3 is 10.5 Å². The predicted molar refractivity (Wildman–Crippen MR) is 79.1 cm³/mol. The van der Waals surface area contributed by atoms with Crippen LogP contribution in [0, 0.1) is 0 Å². The topological polar surface area (TPSA) is 38.5 Å². The standard InChI is InChI=1S/C16H26N2O/c1-13-11-18(12-16(2,3)19-13)10-9-15(17)14-7-5-4-6-8-14/h4-8,13,15H,9-12,17H2,1-3H3. The van der Waals surface area contributed by atoms with Crippen LogP contribution in [0.15, 0.2) is 30.3 Å². The lowest BCUT2D eigenvalue weighted by Gasteiger charge is -2.42. The highest BCUT2D eigenvalue weighted by Crippen LogP contribution is 2.22. The molecule has 1 fully saturated rings. The lowest BCUT2D eigenvalue weighted by molar-refractivity contribution is -0.128. The van der Waals surface area contributed by atoms with Gasteiger partial charge in [0.05, 0.1) is 11.7 Å². The van der Waals surface area contributed by atoms with E-state index in [1.165, 1.54) is 5.56 Å². The zero-order valence-corrected chi connectivity index (χ0v) is 12.3. The lowest BCUT2D eigenvalue weighted by atomic mass is 10.0. The SMILES string of the molecule is CC1CN(CCC(N)c2ccccc2)CC(C)(C)O1. The Balaban J connectivity index is 1.85. The zero-order valence-electron chi connectivity index (χ0n) is 12.3. The summed E-state index contributed by atoms with van der Waals surface area (Å²) in [6, 6.07) is 10.5. The summed E-state index contributed by atoms with van der Waals surface area (Å²) in [4.78, 5) is 2.47. The number of morpholine rings is 1. The highest BCUT2D eigenvalue weighted by atomic mass is 16.5. The van der Waals surface area contributed by atoms with Crippen molar-refractivity contribution in [1.29, 1.82) is 0 Å². The molecule has 0 aromatic heterocycles. The molecule has 2 atom stereocenters. The number of benzene rings is 1. The minimum Gasteiger partial charge on any atom is -0.370 e. The van der Waals surface area contributed by atoms with Crippen LogP contribution in [0.1, 0.15) is 38.8 Å². The van der Waals surface area contributed by atoms with Crippen LogP contribution >= 0.6 is 0 Å². The second-order valence-electron chi connectivity index (χ2n) is 6.23. The van der Waals surface area contributed by atoms with Gasteiger partial charge in [-0.1, -0.05) is 30.3 Å². The Labute approximate surface area is 116 Å². The monoisotopic (exact) mass is 262 g/mol. The average Bonchev–Trinajstić information content (AvgIpc) is 2.34. The van der Waals surface area contributed by atoms with Crippen LogP contribution in [-0.4, -0.2) is 36.2 Å². The van der Waals surface area contributed by atoms with Gasteiger partial charge >= 0.3 is 0 Å². The highest BCUT2D eigenvalue weighted by molar-refractivity contribution is 5.18. The first-order valence-electron chi connectivity index (χ1n) is 7.17. The minimum absolute atomic E-state index is 0.0471. The second kappa shape index (κ2) is 6.04. The lowest BCUT2D eigenvalue weighted by Crippen LogP contribution is -2.52. The molecular formula is C16H26N2O. The van der Waals surface area contributed by atoms with E-state index < -0.39 is 0 Å². The van der Waals surface area contributed by atoms with Gasteiger partial charge in [-0.25, -0.2) is 0 Å². The van der Waals surface area contributed by atoms with E-state index in [1.54, 1.807) is 0 Å². The van der Waals surface area contributed by atoms with Crippen LogP contribution in [-0.2, 0) is 4.74 Å². The summed E-state index contributed by atoms with van der Waals surface area (Å²) in [7, 11) is 0. The molecule has 2 N–H and O–H groups in total. The van der Waals surface area contributed by atoms with E-state index in [9.17, 15) is 0 Å². The Kier molecular flexibility index (Phi) is 4.61. The van der Waals surface area contributed by atoms with Gasteiger partial charge in [-0.15, -0.1) is 0 Å². The average molecular weight is 262 g/mol. The summed E-state index contributed by atoms with van der Waals surface area (Å²) < 4.78 is 5.92. The van der Waals surface area contributed by atoms with Gasteiger partial charge in [0.15, 0.2) is 0 Å². The molecule has 1 heterocycles. The van der Waals surface area contributed by atoms with Crippen LogP contribution in [0.4, 0.5) is 0 Å². The normalized spacial score (nSPS) is 25.2. The van der Waals surface area contributed by atoms with Gasteiger partial charge in [0, 0.05) is 25.7 Å². The van der Waals surface area contributed by atoms with Crippen molar-refractivity contribution in [2.75, 3.05) is 19.6 Å². The van der Waals surface area contributed by atoms with E-state index in [4.69, 9.17) is 10.5 Å². The molecule has 3 nitrogen and oxygen atoms in total. The molecule has 1 aromatic rings. The minimum atomic E-state index is -0.0471. The van der Waals surface area contributed by atoms with Crippen molar-refractivity contribution < 1.29 is 4.74 Å². The van der Waals surface area contributed by atoms with E-state index in [-0.39, 0.29) is 11.6 Å². The molecule has 1 saturated heterocycles. The third kappa shape index (κ3) is 4.30. The fourth-order valence-corrected chi connectivity index (χ4v) is 2.94. The van der Waals surface area contributed by atoms with E-state index in [0.717, 1.165) is 26.1 Å². The molecular weight excluding hydrogens is 236 g/mol. The smallest absolute Gasteiger partial charge is 0.0757 e. The summed E-state index contributed by atoms with van der Waals surface area (Å²) in [5.74, 6) is 0. The van der Waals surface area contributed by atoms with E-state index >= 15 is 0 Å². The second-order valence-corrected chi connectivity index (χ2v) is 6.23. The van der Waals surface area contributed by atoms with Gasteiger partial charge in [0.25, 0.3) is 0 Å². The molecule has 0 saturated carbocycles. The maximum atomic E-state index is 6.26. The van der Waals surface area contributed by atoms with Crippen LogP contribution in [0.25, 0.3) is 0 Å². The molecule has 2 rings (SSSR count). The Hall–Kier alpha value is -0.900. The Morgan fingerprint density at radius 3 is 2.68 bits per heavy atom. The quantitative estimate of drug-likeness (QED) is 0.906. The fraction of sp³-hybridized carbons (Fsp3) is 0.625. The molecule has 106 valence electrons. The van der Waals surface area contributed by atoms with Crippen molar-refractivity contribution in [3.05, 3.63) is 35.9 Å². The number of hydrogen-bond acceptors (Lipinski definition) is 3. The fourth-order valence-electron chi connectivity index (χ4n) is 2.94. The van der Waals surface area contributed by atoms with Gasteiger partial charge in [-0.05, 0) is 32.8 Å². The molecule has 1 aromatic carbocycles. The molecule has 0 amide bonds. The van der Waals surface area contributed by atoms with E-state index in [0.29, 0.717) is 6.10 Å². The number of nitrogens with two attached hydrogens (primary N) is 1. The highest BCUT2D eigenvalue weighted by Gasteiger charge is 2.31. The third-order valence-electron chi connectivity index (χ3n) is 3.62. The van der Waals surface area contributed by atoms with Crippen LogP contribution in [0.3, 0.4) is 0 Å². The summed E-state index contributed by atoms with van der Waals surface area (Å²) in [5, 5.41) is 0. The van der Waals surface area contributed by atoms with Gasteiger partial charge in [0.2, 0.25) is 0 Å². The van der Waals surface area contributed by atoms with Crippen molar-refractivity contribution in [3.63, 3.8) is 0 Å². The summed E-state index contributed by atoms with van der Waals surface area (Å²) >= 11 is 0. The molecule has 19 heavy (non-hydrogen) atoms. The number of rotatable bonds is 4. The van der Waals surface area contributed by atoms with E-state index in [1.807, 2.05) is 6.07 Å². The van der Waals surface area contributed by atoms with Crippen molar-refractivity contribution >= 4 is 0 Å². The van der Waals surface area contributed by atoms with Crippen molar-refractivity contribution in [1.82, 2.24) is 4.90 Å². The molecule has 2 unspecified atom stereocenters. The Morgan fingerprint density at radius 1 is 1.37 bits per heavy atom. The Morgan fingerprint density at radius 2 is 2.05 bits per heavy atom. The van der Waals surface area contributed by atoms with Crippen LogP contribution < -0.4 is 5.73 Å². The Bertz CT molecular complexity index is 391. The van der Waals surface area contributed by atoms with Gasteiger partial charge in [0.1, 0.15) is 0 Å². The van der Waals surface area contributed by atoms with E-state index in [2.05, 4.69) is 49.9 Å². The van der Waals surface area contributed by atoms with Gasteiger partial charge in [-0.2, -0.15) is 0 Å². The van der Waals surface area contributed by atoms with Crippen LogP contribution in [0.5, 0.6) is 0 Å². The number of nitrogens with zero attached hydrogens (tertiary/aromatic N) is 1. The van der Waals surface area contributed by atoms with Crippen LogP contribution in [0.2, 0.25) is 0 Å².